The van der Waals surface area contributed by atoms with E-state index >= 15 is 0 Å². The molecule has 0 heterocycles. The average Bonchev–Trinajstić information content (AvgIpc) is 2.66. The molecule has 0 fully saturated rings. The normalized spacial score (nSPS) is 13.5. The van der Waals surface area contributed by atoms with Gasteiger partial charge < -0.3 is 9.84 Å². The number of hydrogen-bond acceptors (Lipinski definition) is 3. The summed E-state index contributed by atoms with van der Waals surface area (Å²) in [7, 11) is 1.34. The van der Waals surface area contributed by atoms with E-state index in [9.17, 15) is 9.90 Å². The maximum absolute atomic E-state index is 10.7. The van der Waals surface area contributed by atoms with Crippen molar-refractivity contribution < 1.29 is 14.6 Å². The van der Waals surface area contributed by atoms with Crippen molar-refractivity contribution in [1.82, 2.24) is 0 Å². The van der Waals surface area contributed by atoms with Crippen molar-refractivity contribution >= 4 is 5.97 Å². The molecule has 0 spiro atoms. The summed E-state index contributed by atoms with van der Waals surface area (Å²) in [4.78, 5) is 10.7. The van der Waals surface area contributed by atoms with E-state index in [-0.39, 0.29) is 18.1 Å². The minimum Gasteiger partial charge on any atom is -0.512 e. The molecule has 1 aliphatic rings. The summed E-state index contributed by atoms with van der Waals surface area (Å²) < 4.78 is 4.45. The van der Waals surface area contributed by atoms with E-state index in [4.69, 9.17) is 0 Å². The molecule has 0 atom stereocenters. The van der Waals surface area contributed by atoms with Crippen LogP contribution in [0.25, 0.3) is 0 Å². The van der Waals surface area contributed by atoms with Gasteiger partial charge in [-0.15, -0.1) is 0 Å². The molecule has 0 saturated carbocycles. The molecule has 1 aliphatic carbocycles. The van der Waals surface area contributed by atoms with Crippen LogP contribution in [-0.4, -0.2) is 18.2 Å². The third-order valence-electron chi connectivity index (χ3n) is 1.79. The number of rotatable bonds is 3. The van der Waals surface area contributed by atoms with Crippen LogP contribution in [0.4, 0.5) is 0 Å². The predicted molar refractivity (Wildman–Crippen MR) is 49.2 cm³/mol. The summed E-state index contributed by atoms with van der Waals surface area (Å²) in [6.45, 7) is 0. The fourth-order valence-corrected chi connectivity index (χ4v) is 1.03. The van der Waals surface area contributed by atoms with Gasteiger partial charge in [0.25, 0.3) is 0 Å². The third kappa shape index (κ3) is 2.78. The van der Waals surface area contributed by atoms with Crippen molar-refractivity contribution in [3.8, 4) is 0 Å². The topological polar surface area (TPSA) is 46.5 Å². The molecule has 0 radical (unpaired) electrons. The number of hydrogen-bond donors (Lipinski definition) is 1. The summed E-state index contributed by atoms with van der Waals surface area (Å²) in [5, 5.41) is 9.46. The Bertz CT molecular complexity index is 271. The first kappa shape index (κ1) is 9.58. The van der Waals surface area contributed by atoms with E-state index in [1.54, 1.807) is 12.2 Å². The van der Waals surface area contributed by atoms with E-state index in [1.807, 2.05) is 12.2 Å². The van der Waals surface area contributed by atoms with Crippen molar-refractivity contribution in [3.05, 3.63) is 35.6 Å². The molecule has 1 rings (SSSR count). The van der Waals surface area contributed by atoms with Crippen LogP contribution in [0.5, 0.6) is 0 Å². The lowest BCUT2D eigenvalue weighted by Crippen LogP contribution is -2.00. The van der Waals surface area contributed by atoms with Crippen molar-refractivity contribution in [1.29, 1.82) is 0 Å². The minimum atomic E-state index is -0.307. The van der Waals surface area contributed by atoms with E-state index in [2.05, 4.69) is 4.74 Å². The highest BCUT2D eigenvalue weighted by molar-refractivity contribution is 5.69. The van der Waals surface area contributed by atoms with Crippen LogP contribution in [0.3, 0.4) is 0 Å². The summed E-state index contributed by atoms with van der Waals surface area (Å²) in [5.74, 6) is -0.0755. The van der Waals surface area contributed by atoms with Gasteiger partial charge >= 0.3 is 5.97 Å². The highest BCUT2D eigenvalue weighted by Gasteiger charge is 2.06. The van der Waals surface area contributed by atoms with E-state index in [1.165, 1.54) is 7.11 Å². The first-order valence-electron chi connectivity index (χ1n) is 4.07. The molecule has 1 N–H and O–H groups in total. The van der Waals surface area contributed by atoms with Gasteiger partial charge in [-0.25, -0.2) is 0 Å². The predicted octanol–water partition coefficient (Wildman–Crippen LogP) is 1.88. The van der Waals surface area contributed by atoms with Gasteiger partial charge in [-0.05, 0) is 0 Å². The zero-order chi connectivity index (χ0) is 9.68. The molecule has 0 aromatic rings. The molecular formula is C10H12O3. The Labute approximate surface area is 77.0 Å². The monoisotopic (exact) mass is 180 g/mol. The van der Waals surface area contributed by atoms with Crippen molar-refractivity contribution in [2.24, 2.45) is 0 Å². The molecule has 70 valence electrons. The Morgan fingerprint density at radius 3 is 2.54 bits per heavy atom. The number of aliphatic hydroxyl groups is 1. The molecule has 3 nitrogen and oxygen atoms in total. The number of methoxy groups -OCH3 is 1. The second-order valence-electron chi connectivity index (χ2n) is 2.70. The van der Waals surface area contributed by atoms with Crippen LogP contribution >= 0.6 is 0 Å². The maximum Gasteiger partial charge on any atom is 0.305 e. The zero-order valence-electron chi connectivity index (χ0n) is 7.49. The summed E-state index contributed by atoms with van der Waals surface area (Å²) in [6.07, 6.45) is 7.82. The highest BCUT2D eigenvalue weighted by atomic mass is 16.5. The largest absolute Gasteiger partial charge is 0.512 e. The second kappa shape index (κ2) is 4.50. The molecule has 0 aromatic carbocycles. The van der Waals surface area contributed by atoms with Crippen LogP contribution < -0.4 is 0 Å². The van der Waals surface area contributed by atoms with Gasteiger partial charge in [0.2, 0.25) is 0 Å². The van der Waals surface area contributed by atoms with Gasteiger partial charge in [-0.1, -0.05) is 24.3 Å². The Balaban J connectivity index is 2.45. The van der Waals surface area contributed by atoms with Crippen molar-refractivity contribution in [2.45, 2.75) is 12.8 Å². The Morgan fingerprint density at radius 1 is 1.38 bits per heavy atom. The van der Waals surface area contributed by atoms with Gasteiger partial charge in [-0.2, -0.15) is 0 Å². The molecule has 0 saturated heterocycles. The lowest BCUT2D eigenvalue weighted by molar-refractivity contribution is -0.140. The standard InChI is InChI=1S/C10H12O3/c1-13-10(12)7-6-9(11)8-4-2-3-5-8/h2-5,11H,6-7H2,1H3. The number of allylic oxidation sites excluding steroid dienone is 6. The molecule has 13 heavy (non-hydrogen) atoms. The fraction of sp³-hybridized carbons (Fsp3) is 0.300. The van der Waals surface area contributed by atoms with Crippen molar-refractivity contribution in [2.75, 3.05) is 7.11 Å². The Kier molecular flexibility index (Phi) is 3.31. The highest BCUT2D eigenvalue weighted by Crippen LogP contribution is 2.15. The number of carbonyl (C=O) groups excluding carboxylic acids is 1. The van der Waals surface area contributed by atoms with Crippen LogP contribution in [0.2, 0.25) is 0 Å². The number of esters is 1. The Hall–Kier alpha value is -1.51. The van der Waals surface area contributed by atoms with Crippen LogP contribution in [0.15, 0.2) is 35.6 Å². The summed E-state index contributed by atoms with van der Waals surface area (Å²) in [5.41, 5.74) is 0.768. The van der Waals surface area contributed by atoms with Gasteiger partial charge in [0, 0.05) is 12.0 Å². The third-order valence-corrected chi connectivity index (χ3v) is 1.79. The van der Waals surface area contributed by atoms with Crippen LogP contribution in [0.1, 0.15) is 12.8 Å². The van der Waals surface area contributed by atoms with Gasteiger partial charge in [0.1, 0.15) is 5.76 Å². The quantitative estimate of drug-likeness (QED) is 0.532. The van der Waals surface area contributed by atoms with Gasteiger partial charge in [-0.3, -0.25) is 4.79 Å². The smallest absolute Gasteiger partial charge is 0.305 e. The van der Waals surface area contributed by atoms with E-state index < -0.39 is 0 Å². The molecular weight excluding hydrogens is 168 g/mol. The van der Waals surface area contributed by atoms with Crippen molar-refractivity contribution in [3.63, 3.8) is 0 Å². The minimum absolute atomic E-state index is 0.216. The second-order valence-corrected chi connectivity index (χ2v) is 2.70. The number of aliphatic hydroxyl groups excluding tert-OH is 1. The molecule has 0 aliphatic heterocycles. The number of carbonyl (C=O) groups is 1. The van der Waals surface area contributed by atoms with Gasteiger partial charge in [0.15, 0.2) is 0 Å². The van der Waals surface area contributed by atoms with Crippen LogP contribution in [-0.2, 0) is 9.53 Å². The fourth-order valence-electron chi connectivity index (χ4n) is 1.03. The SMILES string of the molecule is COC(=O)CCC(O)=C1C=CC=C1. The van der Waals surface area contributed by atoms with E-state index in [0.717, 1.165) is 5.57 Å². The number of ether oxygens (including phenoxy) is 1. The van der Waals surface area contributed by atoms with E-state index in [0.29, 0.717) is 6.42 Å². The molecule has 0 aromatic heterocycles. The molecule has 0 bridgehead atoms. The maximum atomic E-state index is 10.7. The molecule has 3 heteroatoms. The Morgan fingerprint density at radius 2 is 2.00 bits per heavy atom. The zero-order valence-corrected chi connectivity index (χ0v) is 7.49. The lowest BCUT2D eigenvalue weighted by Gasteiger charge is -2.00. The average molecular weight is 180 g/mol. The summed E-state index contributed by atoms with van der Waals surface area (Å²) >= 11 is 0. The summed E-state index contributed by atoms with van der Waals surface area (Å²) in [6, 6.07) is 0. The first-order chi connectivity index (χ1) is 6.24. The van der Waals surface area contributed by atoms with Gasteiger partial charge in [0.05, 0.1) is 13.5 Å². The molecule has 0 unspecified atom stereocenters. The molecule has 0 amide bonds. The van der Waals surface area contributed by atoms with Crippen LogP contribution in [0, 0.1) is 0 Å². The first-order valence-corrected chi connectivity index (χ1v) is 4.07. The lowest BCUT2D eigenvalue weighted by atomic mass is 10.2.